The fraction of sp³-hybridized carbons (Fsp3) is 0.520. The molecule has 2 atom stereocenters. The van der Waals surface area contributed by atoms with Gasteiger partial charge in [-0.2, -0.15) is 4.31 Å². The van der Waals surface area contributed by atoms with Gasteiger partial charge in [0.1, 0.15) is 0 Å². The minimum atomic E-state index is -3.96. The van der Waals surface area contributed by atoms with Crippen molar-refractivity contribution in [2.24, 2.45) is 0 Å². The minimum Gasteiger partial charge on any atom is -0.493 e. The summed E-state index contributed by atoms with van der Waals surface area (Å²) in [6, 6.07) is 9.52. The predicted octanol–water partition coefficient (Wildman–Crippen LogP) is 6.51. The third-order valence-corrected chi connectivity index (χ3v) is 14.0. The van der Waals surface area contributed by atoms with E-state index in [1.807, 2.05) is 0 Å². The molecule has 3 rings (SSSR count). The van der Waals surface area contributed by atoms with Gasteiger partial charge in [0.25, 0.3) is 0 Å². The van der Waals surface area contributed by atoms with E-state index < -0.39 is 24.6 Å². The summed E-state index contributed by atoms with van der Waals surface area (Å²) < 4.78 is 52.2. The van der Waals surface area contributed by atoms with Gasteiger partial charge in [-0.05, 0) is 54.4 Å². The molecule has 11 heteroatoms. The van der Waals surface area contributed by atoms with Gasteiger partial charge < -0.3 is 18.6 Å². The molecule has 0 N–H and O–H groups in total. The number of nitrogens with zero attached hydrogens (tertiary/aromatic N) is 1. The van der Waals surface area contributed by atoms with Crippen molar-refractivity contribution in [3.05, 3.63) is 52.0 Å². The fourth-order valence-electron chi connectivity index (χ4n) is 3.66. The summed E-state index contributed by atoms with van der Waals surface area (Å²) in [6.45, 7) is 11.6. The Balaban J connectivity index is 1.91. The molecule has 0 aromatic heterocycles. The lowest BCUT2D eigenvalue weighted by Crippen LogP contribution is -2.41. The first-order valence-corrected chi connectivity index (χ1v) is 16.8. The summed E-state index contributed by atoms with van der Waals surface area (Å²) in [7, 11) is -2.94. The minimum absolute atomic E-state index is 0.0759. The molecule has 1 aliphatic rings. The van der Waals surface area contributed by atoms with Crippen LogP contribution in [0.3, 0.4) is 0 Å². The maximum Gasteiger partial charge on any atom is 0.245 e. The van der Waals surface area contributed by atoms with Crippen LogP contribution in [0.15, 0.2) is 41.3 Å². The van der Waals surface area contributed by atoms with Crippen LogP contribution in [0, 0.1) is 0 Å². The van der Waals surface area contributed by atoms with Gasteiger partial charge >= 0.3 is 0 Å². The van der Waals surface area contributed by atoms with E-state index in [0.717, 1.165) is 0 Å². The second-order valence-electron chi connectivity index (χ2n) is 10.3. The van der Waals surface area contributed by atoms with E-state index in [-0.39, 0.29) is 22.6 Å². The van der Waals surface area contributed by atoms with Gasteiger partial charge in [0, 0.05) is 19.2 Å². The molecule has 0 saturated carbocycles. The first kappa shape index (κ1) is 29.2. The van der Waals surface area contributed by atoms with Crippen LogP contribution < -0.4 is 9.47 Å². The molecule has 200 valence electrons. The molecular formula is C25H35Cl2NO6SSi. The first-order valence-electron chi connectivity index (χ1n) is 11.7. The summed E-state index contributed by atoms with van der Waals surface area (Å²) in [5, 5.41) is 0.785. The third-order valence-electron chi connectivity index (χ3n) is 6.87. The summed E-state index contributed by atoms with van der Waals surface area (Å²) >= 11 is 12.4. The van der Waals surface area contributed by atoms with Crippen molar-refractivity contribution < 1.29 is 27.1 Å². The molecule has 0 bridgehead atoms. The average molecular weight is 577 g/mol. The van der Waals surface area contributed by atoms with Crippen molar-refractivity contribution in [1.82, 2.24) is 4.31 Å². The lowest BCUT2D eigenvalue weighted by molar-refractivity contribution is 0.0118. The smallest absolute Gasteiger partial charge is 0.245 e. The number of methoxy groups -OCH3 is 2. The summed E-state index contributed by atoms with van der Waals surface area (Å²) in [6.07, 6.45) is -0.665. The predicted molar refractivity (Wildman–Crippen MR) is 145 cm³/mol. The van der Waals surface area contributed by atoms with E-state index in [4.69, 9.17) is 41.8 Å². The second-order valence-corrected chi connectivity index (χ2v) is 17.8. The molecule has 0 radical (unpaired) electrons. The standard InChI is InChI=1S/C25H35Cl2NO6SSi/c1-25(2,3)36(6,7)33-13-12-18-16-28(24(34-18)17-8-10-20(26)21(27)14-17)35(29,30)19-9-11-22(31-4)23(15-19)32-5/h8-11,14-15,18,24H,12-13,16H2,1-7H3. The van der Waals surface area contributed by atoms with Gasteiger partial charge in [-0.25, -0.2) is 8.42 Å². The molecule has 36 heavy (non-hydrogen) atoms. The van der Waals surface area contributed by atoms with Crippen molar-refractivity contribution >= 4 is 41.5 Å². The number of sulfonamides is 1. The quantitative estimate of drug-likeness (QED) is 0.317. The van der Waals surface area contributed by atoms with Crippen LogP contribution in [0.25, 0.3) is 0 Å². The number of benzene rings is 2. The van der Waals surface area contributed by atoms with Gasteiger partial charge in [0.2, 0.25) is 10.0 Å². The average Bonchev–Trinajstić information content (AvgIpc) is 3.24. The van der Waals surface area contributed by atoms with E-state index in [2.05, 4.69) is 33.9 Å². The third kappa shape index (κ3) is 6.20. The molecule has 0 aliphatic carbocycles. The Bertz CT molecular complexity index is 1190. The van der Waals surface area contributed by atoms with Crippen LogP contribution >= 0.6 is 23.2 Å². The zero-order chi connectivity index (χ0) is 26.9. The summed E-state index contributed by atoms with van der Waals surface area (Å²) in [4.78, 5) is 0.0759. The number of hydrogen-bond acceptors (Lipinski definition) is 6. The second kappa shape index (κ2) is 11.2. The fourth-order valence-corrected chi connectivity index (χ4v) is 6.58. The normalized spacial score (nSPS) is 19.5. The molecule has 2 unspecified atom stereocenters. The van der Waals surface area contributed by atoms with Crippen LogP contribution in [0.4, 0.5) is 0 Å². The topological polar surface area (TPSA) is 74.3 Å². The molecule has 1 heterocycles. The van der Waals surface area contributed by atoms with E-state index in [9.17, 15) is 8.42 Å². The monoisotopic (exact) mass is 575 g/mol. The number of ether oxygens (including phenoxy) is 3. The largest absolute Gasteiger partial charge is 0.493 e. The van der Waals surface area contributed by atoms with E-state index in [1.165, 1.54) is 30.7 Å². The number of hydrogen-bond donors (Lipinski definition) is 0. The van der Waals surface area contributed by atoms with E-state index >= 15 is 0 Å². The van der Waals surface area contributed by atoms with E-state index in [0.29, 0.717) is 40.1 Å². The van der Waals surface area contributed by atoms with Crippen molar-refractivity contribution in [3.8, 4) is 11.5 Å². The Kier molecular flexibility index (Phi) is 9.08. The molecule has 1 saturated heterocycles. The van der Waals surface area contributed by atoms with Crippen LogP contribution in [0.5, 0.6) is 11.5 Å². The Morgan fingerprint density at radius 3 is 2.28 bits per heavy atom. The molecule has 1 aliphatic heterocycles. The lowest BCUT2D eigenvalue weighted by Gasteiger charge is -2.36. The SMILES string of the molecule is COc1ccc(S(=O)(=O)N2CC(CCO[Si](C)(C)C(C)(C)C)OC2c2ccc(Cl)c(Cl)c2)cc1OC. The van der Waals surface area contributed by atoms with Crippen LogP contribution in [-0.4, -0.2) is 54.5 Å². The maximum atomic E-state index is 13.8. The number of rotatable bonds is 9. The van der Waals surface area contributed by atoms with Crippen LogP contribution in [-0.2, 0) is 19.2 Å². The molecule has 2 aromatic carbocycles. The molecule has 0 spiro atoms. The van der Waals surface area contributed by atoms with Gasteiger partial charge in [0.15, 0.2) is 26.0 Å². The van der Waals surface area contributed by atoms with Crippen molar-refractivity contribution in [2.75, 3.05) is 27.4 Å². The Hall–Kier alpha value is -1.33. The number of halogens is 2. The highest BCUT2D eigenvalue weighted by atomic mass is 35.5. The molecule has 0 amide bonds. The Labute approximate surface area is 225 Å². The zero-order valence-corrected chi connectivity index (χ0v) is 25.1. The van der Waals surface area contributed by atoms with E-state index in [1.54, 1.807) is 24.3 Å². The summed E-state index contributed by atoms with van der Waals surface area (Å²) in [5.74, 6) is 0.764. The van der Waals surface area contributed by atoms with Gasteiger partial charge in [-0.1, -0.05) is 50.0 Å². The molecule has 2 aromatic rings. The van der Waals surface area contributed by atoms with Crippen LogP contribution in [0.2, 0.25) is 28.2 Å². The highest BCUT2D eigenvalue weighted by molar-refractivity contribution is 7.89. The molecule has 1 fully saturated rings. The van der Waals surface area contributed by atoms with Crippen LogP contribution in [0.1, 0.15) is 39.0 Å². The van der Waals surface area contributed by atoms with Crippen molar-refractivity contribution in [1.29, 1.82) is 0 Å². The maximum absolute atomic E-state index is 13.8. The first-order chi connectivity index (χ1) is 16.7. The van der Waals surface area contributed by atoms with Gasteiger partial charge in [-0.3, -0.25) is 0 Å². The zero-order valence-electron chi connectivity index (χ0n) is 21.8. The van der Waals surface area contributed by atoms with Gasteiger partial charge in [-0.15, -0.1) is 0 Å². The van der Waals surface area contributed by atoms with Crippen molar-refractivity contribution in [3.63, 3.8) is 0 Å². The Morgan fingerprint density at radius 1 is 1.03 bits per heavy atom. The van der Waals surface area contributed by atoms with Crippen molar-refractivity contribution in [2.45, 2.75) is 62.6 Å². The molecule has 7 nitrogen and oxygen atoms in total. The lowest BCUT2D eigenvalue weighted by atomic mass is 10.2. The summed E-state index contributed by atoms with van der Waals surface area (Å²) in [5.41, 5.74) is 0.598. The highest BCUT2D eigenvalue weighted by Crippen LogP contribution is 2.40. The van der Waals surface area contributed by atoms with Gasteiger partial charge in [0.05, 0.1) is 35.3 Å². The molecular weight excluding hydrogens is 541 g/mol. The highest BCUT2D eigenvalue weighted by Gasteiger charge is 2.43. The Morgan fingerprint density at radius 2 is 1.69 bits per heavy atom.